The van der Waals surface area contributed by atoms with E-state index in [0.29, 0.717) is 25.6 Å². The van der Waals surface area contributed by atoms with Crippen LogP contribution < -0.4 is 5.32 Å². The molecule has 2 aliphatic rings. The number of nitrogens with one attached hydrogen (secondary N) is 1. The molecular weight excluding hydrogens is 370 g/mol. The Kier molecular flexibility index (Phi) is 3.86. The van der Waals surface area contributed by atoms with Gasteiger partial charge in [0.1, 0.15) is 10.0 Å². The van der Waals surface area contributed by atoms with Crippen LogP contribution in [0.1, 0.15) is 34.5 Å². The number of nitrogens with zero attached hydrogens (tertiary/aromatic N) is 4. The van der Waals surface area contributed by atoms with Crippen LogP contribution in [0, 0.1) is 0 Å². The quantitative estimate of drug-likeness (QED) is 0.744. The van der Waals surface area contributed by atoms with Crippen LogP contribution in [0.5, 0.6) is 0 Å². The third-order valence-electron chi connectivity index (χ3n) is 5.01. The monoisotopic (exact) mass is 387 g/mol. The van der Waals surface area contributed by atoms with Crippen molar-refractivity contribution in [3.8, 4) is 0 Å². The first-order chi connectivity index (χ1) is 12.7. The summed E-state index contributed by atoms with van der Waals surface area (Å²) in [5.74, 6) is 0.604. The lowest BCUT2D eigenvalue weighted by atomic mass is 10.2. The van der Waals surface area contributed by atoms with E-state index in [1.165, 1.54) is 12.8 Å². The Morgan fingerprint density at radius 3 is 3.04 bits per heavy atom. The third kappa shape index (κ3) is 2.85. The molecule has 1 aliphatic heterocycles. The fourth-order valence-electron chi connectivity index (χ4n) is 3.46. The van der Waals surface area contributed by atoms with Gasteiger partial charge in [-0.05, 0) is 31.0 Å². The molecule has 3 heterocycles. The smallest absolute Gasteiger partial charge is 0.318 e. The van der Waals surface area contributed by atoms with Gasteiger partial charge in [0.05, 0.1) is 13.1 Å². The van der Waals surface area contributed by atoms with Gasteiger partial charge in [0.2, 0.25) is 0 Å². The van der Waals surface area contributed by atoms with Crippen LogP contribution in [0.15, 0.2) is 24.3 Å². The summed E-state index contributed by atoms with van der Waals surface area (Å²) in [5.41, 5.74) is 2.25. The average Bonchev–Trinajstić information content (AvgIpc) is 3.27. The van der Waals surface area contributed by atoms with E-state index in [2.05, 4.69) is 32.2 Å². The molecule has 26 heavy (non-hydrogen) atoms. The third-order valence-corrected chi connectivity index (χ3v) is 6.43. The molecule has 1 saturated carbocycles. The summed E-state index contributed by atoms with van der Waals surface area (Å²) in [6.07, 6.45) is 2.43. The molecule has 0 unspecified atom stereocenters. The number of amides is 2. The van der Waals surface area contributed by atoms with Gasteiger partial charge in [-0.15, -0.1) is 10.2 Å². The maximum Gasteiger partial charge on any atom is 0.318 e. The SMILES string of the molecule is O=C(NCc1nnc(C2CC2)s1)N1CCn2c(cc3c(Cl)cccc32)C1. The van der Waals surface area contributed by atoms with E-state index in [1.807, 2.05) is 17.0 Å². The number of benzene rings is 1. The predicted molar refractivity (Wildman–Crippen MR) is 101 cm³/mol. The van der Waals surface area contributed by atoms with Gasteiger partial charge in [-0.1, -0.05) is 29.0 Å². The van der Waals surface area contributed by atoms with E-state index < -0.39 is 0 Å². The predicted octanol–water partition coefficient (Wildman–Crippen LogP) is 3.75. The average molecular weight is 388 g/mol. The molecule has 8 heteroatoms. The van der Waals surface area contributed by atoms with Crippen molar-refractivity contribution in [3.05, 3.63) is 45.0 Å². The number of aromatic nitrogens is 3. The van der Waals surface area contributed by atoms with Gasteiger partial charge in [-0.25, -0.2) is 4.79 Å². The minimum Gasteiger partial charge on any atom is -0.341 e. The topological polar surface area (TPSA) is 63.1 Å². The minimum absolute atomic E-state index is 0.0595. The van der Waals surface area contributed by atoms with Crippen molar-refractivity contribution in [3.63, 3.8) is 0 Å². The first-order valence-electron chi connectivity index (χ1n) is 8.81. The lowest BCUT2D eigenvalue weighted by Crippen LogP contribution is -2.43. The molecule has 0 radical (unpaired) electrons. The lowest BCUT2D eigenvalue weighted by Gasteiger charge is -2.29. The number of hydrogen-bond donors (Lipinski definition) is 1. The van der Waals surface area contributed by atoms with E-state index in [4.69, 9.17) is 11.6 Å². The summed E-state index contributed by atoms with van der Waals surface area (Å²) in [7, 11) is 0. The fraction of sp³-hybridized carbons (Fsp3) is 0.389. The van der Waals surface area contributed by atoms with Crippen molar-refractivity contribution >= 4 is 39.9 Å². The van der Waals surface area contributed by atoms with Crippen LogP contribution in [-0.4, -0.2) is 32.2 Å². The van der Waals surface area contributed by atoms with Crippen molar-refractivity contribution in [2.75, 3.05) is 6.54 Å². The molecule has 0 saturated heterocycles. The fourth-order valence-corrected chi connectivity index (χ4v) is 4.64. The van der Waals surface area contributed by atoms with Crippen molar-refractivity contribution in [1.82, 2.24) is 25.0 Å². The molecule has 1 N–H and O–H groups in total. The Labute approximate surface area is 159 Å². The summed E-state index contributed by atoms with van der Waals surface area (Å²) >= 11 is 7.91. The molecule has 0 spiro atoms. The highest BCUT2D eigenvalue weighted by molar-refractivity contribution is 7.11. The van der Waals surface area contributed by atoms with E-state index in [9.17, 15) is 4.79 Å². The molecule has 134 valence electrons. The van der Waals surface area contributed by atoms with Crippen LogP contribution in [-0.2, 0) is 19.6 Å². The summed E-state index contributed by atoms with van der Waals surface area (Å²) in [6.45, 7) is 2.48. The second kappa shape index (κ2) is 6.25. The Hall–Kier alpha value is -2.12. The van der Waals surface area contributed by atoms with E-state index in [1.54, 1.807) is 11.3 Å². The molecule has 3 aromatic rings. The Bertz CT molecular complexity index is 993. The first-order valence-corrected chi connectivity index (χ1v) is 10.00. The van der Waals surface area contributed by atoms with E-state index >= 15 is 0 Å². The zero-order chi connectivity index (χ0) is 17.7. The molecule has 0 bridgehead atoms. The molecule has 5 rings (SSSR count). The van der Waals surface area contributed by atoms with Crippen LogP contribution >= 0.6 is 22.9 Å². The molecule has 1 fully saturated rings. The van der Waals surface area contributed by atoms with Gasteiger partial charge in [-0.3, -0.25) is 0 Å². The molecule has 1 aromatic carbocycles. The highest BCUT2D eigenvalue weighted by atomic mass is 35.5. The first kappa shape index (κ1) is 16.1. The Morgan fingerprint density at radius 2 is 2.19 bits per heavy atom. The van der Waals surface area contributed by atoms with E-state index in [0.717, 1.165) is 38.2 Å². The van der Waals surface area contributed by atoms with Crippen LogP contribution in [0.2, 0.25) is 5.02 Å². The zero-order valence-corrected chi connectivity index (χ0v) is 15.7. The second-order valence-corrected chi connectivity index (χ2v) is 8.35. The van der Waals surface area contributed by atoms with Crippen molar-refractivity contribution in [2.24, 2.45) is 0 Å². The van der Waals surface area contributed by atoms with Gasteiger partial charge in [0.15, 0.2) is 0 Å². The number of fused-ring (bicyclic) bond motifs is 3. The van der Waals surface area contributed by atoms with Crippen LogP contribution in [0.25, 0.3) is 10.9 Å². The maximum atomic E-state index is 12.6. The molecule has 1 aliphatic carbocycles. The van der Waals surface area contributed by atoms with Gasteiger partial charge in [0.25, 0.3) is 0 Å². The lowest BCUT2D eigenvalue weighted by molar-refractivity contribution is 0.183. The highest BCUT2D eigenvalue weighted by Gasteiger charge is 2.28. The molecule has 0 atom stereocenters. The van der Waals surface area contributed by atoms with Crippen LogP contribution in [0.4, 0.5) is 4.79 Å². The Morgan fingerprint density at radius 1 is 1.31 bits per heavy atom. The second-order valence-electron chi connectivity index (χ2n) is 6.85. The summed E-state index contributed by atoms with van der Waals surface area (Å²) in [4.78, 5) is 14.4. The molecule has 6 nitrogen and oxygen atoms in total. The standard InChI is InChI=1S/C18H18ClN5OS/c19-14-2-1-3-15-13(14)8-12-10-23(6-7-24(12)15)18(25)20-9-16-21-22-17(26-16)11-4-5-11/h1-3,8,11H,4-7,9-10H2,(H,20,25). The highest BCUT2D eigenvalue weighted by Crippen LogP contribution is 2.41. The summed E-state index contributed by atoms with van der Waals surface area (Å²) < 4.78 is 2.25. The van der Waals surface area contributed by atoms with Gasteiger partial charge in [-0.2, -0.15) is 0 Å². The number of halogens is 1. The van der Waals surface area contributed by atoms with E-state index in [-0.39, 0.29) is 6.03 Å². The van der Waals surface area contributed by atoms with Crippen molar-refractivity contribution in [2.45, 2.75) is 38.4 Å². The normalized spacial score (nSPS) is 16.7. The number of urea groups is 1. The van der Waals surface area contributed by atoms with Gasteiger partial charge in [0, 0.05) is 40.6 Å². The zero-order valence-electron chi connectivity index (χ0n) is 14.1. The van der Waals surface area contributed by atoms with Crippen molar-refractivity contribution in [1.29, 1.82) is 0 Å². The molecule has 2 aromatic heterocycles. The number of rotatable bonds is 3. The molecular formula is C18H18ClN5OS. The number of carbonyl (C=O) groups excluding carboxylic acids is 1. The largest absolute Gasteiger partial charge is 0.341 e. The number of hydrogen-bond acceptors (Lipinski definition) is 4. The Balaban J connectivity index is 1.26. The van der Waals surface area contributed by atoms with Gasteiger partial charge < -0.3 is 14.8 Å². The van der Waals surface area contributed by atoms with Crippen LogP contribution in [0.3, 0.4) is 0 Å². The maximum absolute atomic E-state index is 12.6. The van der Waals surface area contributed by atoms with Crippen molar-refractivity contribution < 1.29 is 4.79 Å². The van der Waals surface area contributed by atoms with Gasteiger partial charge >= 0.3 is 6.03 Å². The minimum atomic E-state index is -0.0595. The molecule has 2 amide bonds. The summed E-state index contributed by atoms with van der Waals surface area (Å²) in [6, 6.07) is 7.97. The number of carbonyl (C=O) groups is 1. The summed E-state index contributed by atoms with van der Waals surface area (Å²) in [5, 5.41) is 15.2.